The molecular formula is C20H19N4O5S+. The fourth-order valence-electron chi connectivity index (χ4n) is 3.32. The zero-order valence-corrected chi connectivity index (χ0v) is 17.0. The fourth-order valence-corrected chi connectivity index (χ4v) is 3.68. The van der Waals surface area contributed by atoms with Crippen molar-refractivity contribution in [1.29, 1.82) is 0 Å². The Morgan fingerprint density at radius 2 is 2.07 bits per heavy atom. The van der Waals surface area contributed by atoms with Gasteiger partial charge in [-0.1, -0.05) is 23.9 Å². The van der Waals surface area contributed by atoms with E-state index in [0.717, 1.165) is 16.8 Å². The number of nitrogens with one attached hydrogen (secondary N) is 2. The van der Waals surface area contributed by atoms with Crippen LogP contribution in [-0.4, -0.2) is 41.1 Å². The van der Waals surface area contributed by atoms with Gasteiger partial charge in [-0.05, 0) is 41.3 Å². The third kappa shape index (κ3) is 3.57. The highest BCUT2D eigenvalue weighted by atomic mass is 32.2. The zero-order chi connectivity index (χ0) is 21.3. The lowest BCUT2D eigenvalue weighted by molar-refractivity contribution is -0.759. The average molecular weight is 427 g/mol. The largest absolute Gasteiger partial charge is 0.493 e. The van der Waals surface area contributed by atoms with Gasteiger partial charge in [-0.15, -0.1) is 0 Å². The Balaban J connectivity index is 1.84. The number of benzene rings is 2. The molecule has 1 atom stereocenters. The molecule has 30 heavy (non-hydrogen) atoms. The van der Waals surface area contributed by atoms with Gasteiger partial charge in [0.1, 0.15) is 0 Å². The maximum atomic E-state index is 12.9. The van der Waals surface area contributed by atoms with Crippen LogP contribution in [0.4, 0.5) is 5.69 Å². The molecule has 0 amide bonds. The molecule has 0 radical (unpaired) electrons. The van der Waals surface area contributed by atoms with E-state index in [-0.39, 0.29) is 5.56 Å². The molecule has 0 bridgehead atoms. The number of aromatic nitrogens is 3. The number of carbonyl (C=O) groups is 1. The summed E-state index contributed by atoms with van der Waals surface area (Å²) in [4.78, 5) is 26.5. The normalized spacial score (nSPS) is 14.3. The van der Waals surface area contributed by atoms with Gasteiger partial charge in [-0.25, -0.2) is 4.79 Å². The molecule has 1 aliphatic heterocycles. The standard InChI is InChI=1S/C20H18N4O5S/c1-28-15-9-11(7-8-14(15)29-10-16(25)26)18-21-13-6-4-3-5-12(13)17-19(27)22-20(30-2)23-24(17)18/h3-9,18H,10H2,1-2H3,(H2,22,23,25,26,27)/p+1/t18-/m1/s1. The van der Waals surface area contributed by atoms with Crippen LogP contribution in [0.5, 0.6) is 11.5 Å². The Labute approximate surface area is 175 Å². The van der Waals surface area contributed by atoms with Crippen LogP contribution in [0.15, 0.2) is 52.4 Å². The first-order valence-corrected chi connectivity index (χ1v) is 10.2. The molecule has 0 unspecified atom stereocenters. The summed E-state index contributed by atoms with van der Waals surface area (Å²) in [5.74, 6) is -0.385. The second-order valence-corrected chi connectivity index (χ2v) is 7.24. The van der Waals surface area contributed by atoms with Crippen LogP contribution >= 0.6 is 11.8 Å². The van der Waals surface area contributed by atoms with Gasteiger partial charge in [0.2, 0.25) is 5.16 Å². The summed E-state index contributed by atoms with van der Waals surface area (Å²) in [6, 6.07) is 12.7. The summed E-state index contributed by atoms with van der Waals surface area (Å²) < 4.78 is 12.3. The van der Waals surface area contributed by atoms with Crippen LogP contribution < -0.4 is 25.0 Å². The van der Waals surface area contributed by atoms with Crippen molar-refractivity contribution in [2.75, 3.05) is 25.3 Å². The van der Waals surface area contributed by atoms with Crippen LogP contribution in [-0.2, 0) is 4.79 Å². The molecule has 3 N–H and O–H groups in total. The second-order valence-electron chi connectivity index (χ2n) is 6.44. The number of nitrogens with zero attached hydrogens (tertiary/aromatic N) is 2. The monoisotopic (exact) mass is 427 g/mol. The molecule has 3 aromatic rings. The summed E-state index contributed by atoms with van der Waals surface area (Å²) in [7, 11) is 1.48. The van der Waals surface area contributed by atoms with E-state index in [2.05, 4.69) is 15.4 Å². The number of anilines is 1. The summed E-state index contributed by atoms with van der Waals surface area (Å²) >= 11 is 1.34. The van der Waals surface area contributed by atoms with Gasteiger partial charge in [0.15, 0.2) is 18.1 Å². The highest BCUT2D eigenvalue weighted by Crippen LogP contribution is 2.35. The number of carboxylic acids is 1. The Morgan fingerprint density at radius 1 is 1.27 bits per heavy atom. The molecule has 0 saturated carbocycles. The smallest absolute Gasteiger partial charge is 0.341 e. The quantitative estimate of drug-likeness (QED) is 0.403. The first kappa shape index (κ1) is 19.8. The second kappa shape index (κ2) is 8.07. The molecule has 0 fully saturated rings. The maximum Gasteiger partial charge on any atom is 0.341 e. The number of para-hydroxylation sites is 1. The average Bonchev–Trinajstić information content (AvgIpc) is 2.76. The van der Waals surface area contributed by atoms with E-state index in [1.54, 1.807) is 22.9 Å². The van der Waals surface area contributed by atoms with E-state index in [4.69, 9.17) is 14.6 Å². The molecule has 9 nitrogen and oxygen atoms in total. The van der Waals surface area contributed by atoms with Crippen LogP contribution in [0, 0.1) is 0 Å². The van der Waals surface area contributed by atoms with Crippen LogP contribution in [0.3, 0.4) is 0 Å². The van der Waals surface area contributed by atoms with Gasteiger partial charge in [0.05, 0.1) is 18.4 Å². The molecule has 154 valence electrons. The third-order valence-corrected chi connectivity index (χ3v) is 5.20. The highest BCUT2D eigenvalue weighted by Gasteiger charge is 2.37. The van der Waals surface area contributed by atoms with Crippen LogP contribution in [0.1, 0.15) is 11.7 Å². The summed E-state index contributed by atoms with van der Waals surface area (Å²) in [6.07, 6.45) is 1.35. The number of fused-ring (bicyclic) bond motifs is 3. The first-order valence-electron chi connectivity index (χ1n) is 9.00. The molecule has 0 saturated heterocycles. The zero-order valence-electron chi connectivity index (χ0n) is 16.2. The number of H-pyrrole nitrogens is 1. The van der Waals surface area contributed by atoms with Crippen molar-refractivity contribution in [3.8, 4) is 22.8 Å². The molecule has 4 rings (SSSR count). The predicted octanol–water partition coefficient (Wildman–Crippen LogP) is 1.89. The summed E-state index contributed by atoms with van der Waals surface area (Å²) in [5, 5.41) is 17.4. The van der Waals surface area contributed by atoms with Gasteiger partial charge in [0.25, 0.3) is 6.17 Å². The summed E-state index contributed by atoms with van der Waals surface area (Å²) in [5.41, 5.74) is 2.53. The predicted molar refractivity (Wildman–Crippen MR) is 110 cm³/mol. The van der Waals surface area contributed by atoms with Gasteiger partial charge < -0.3 is 19.9 Å². The molecule has 0 aliphatic carbocycles. The van der Waals surface area contributed by atoms with Crippen molar-refractivity contribution in [1.82, 2.24) is 10.1 Å². The van der Waals surface area contributed by atoms with E-state index in [1.807, 2.05) is 30.5 Å². The molecule has 1 aliphatic rings. The lowest BCUT2D eigenvalue weighted by Gasteiger charge is -2.22. The van der Waals surface area contributed by atoms with Crippen molar-refractivity contribution in [2.45, 2.75) is 11.3 Å². The molecule has 2 heterocycles. The number of methoxy groups -OCH3 is 1. The maximum absolute atomic E-state index is 12.9. The van der Waals surface area contributed by atoms with Gasteiger partial charge in [0, 0.05) is 10.7 Å². The SMILES string of the molecule is COc1cc([C@@H]2Nc3ccccc3-c3c(=O)[nH]c(SC)n[n+]32)ccc1OCC(=O)O. The number of aromatic amines is 1. The number of hydrogen-bond donors (Lipinski definition) is 3. The Bertz CT molecular complexity index is 1180. The summed E-state index contributed by atoms with van der Waals surface area (Å²) in [6.45, 7) is -0.476. The highest BCUT2D eigenvalue weighted by molar-refractivity contribution is 7.98. The van der Waals surface area contributed by atoms with Crippen molar-refractivity contribution >= 4 is 23.4 Å². The minimum absolute atomic E-state index is 0.235. The third-order valence-electron chi connectivity index (χ3n) is 4.63. The Hall–Kier alpha value is -3.53. The van der Waals surface area contributed by atoms with Crippen LogP contribution in [0.2, 0.25) is 0 Å². The number of thioether (sulfide) groups is 1. The van der Waals surface area contributed by atoms with Crippen LogP contribution in [0.25, 0.3) is 11.3 Å². The van der Waals surface area contributed by atoms with Crippen molar-refractivity contribution in [3.05, 3.63) is 58.4 Å². The Kier molecular flexibility index (Phi) is 5.32. The molecule has 1 aromatic heterocycles. The number of aliphatic carboxylic acids is 1. The number of carboxylic acid groups (broad SMARTS) is 1. The van der Waals surface area contributed by atoms with E-state index in [0.29, 0.717) is 22.3 Å². The van der Waals surface area contributed by atoms with Crippen molar-refractivity contribution in [2.24, 2.45) is 0 Å². The van der Waals surface area contributed by atoms with Gasteiger partial charge in [-0.3, -0.25) is 9.78 Å². The van der Waals surface area contributed by atoms with Crippen molar-refractivity contribution < 1.29 is 24.1 Å². The number of ether oxygens (including phenoxy) is 2. The topological polar surface area (TPSA) is 117 Å². The van der Waals surface area contributed by atoms with E-state index < -0.39 is 18.7 Å². The molecule has 2 aromatic carbocycles. The lowest BCUT2D eigenvalue weighted by atomic mass is 10.0. The molecule has 0 spiro atoms. The molecule has 10 heteroatoms. The number of hydrogen-bond acceptors (Lipinski definition) is 7. The Morgan fingerprint density at radius 3 is 2.80 bits per heavy atom. The molecular weight excluding hydrogens is 408 g/mol. The van der Waals surface area contributed by atoms with Crippen molar-refractivity contribution in [3.63, 3.8) is 0 Å². The minimum Gasteiger partial charge on any atom is -0.493 e. The lowest BCUT2D eigenvalue weighted by Crippen LogP contribution is -2.55. The van der Waals surface area contributed by atoms with Gasteiger partial charge in [-0.2, -0.15) is 0 Å². The minimum atomic E-state index is -1.08. The first-order chi connectivity index (χ1) is 14.5. The van der Waals surface area contributed by atoms with E-state index >= 15 is 0 Å². The van der Waals surface area contributed by atoms with Gasteiger partial charge >= 0.3 is 17.2 Å². The van der Waals surface area contributed by atoms with E-state index in [1.165, 1.54) is 18.9 Å². The fraction of sp³-hybridized carbons (Fsp3) is 0.200. The number of rotatable bonds is 6. The van der Waals surface area contributed by atoms with E-state index in [9.17, 15) is 9.59 Å².